The predicted octanol–water partition coefficient (Wildman–Crippen LogP) is 3.69. The van der Waals surface area contributed by atoms with Gasteiger partial charge in [-0.25, -0.2) is 0 Å². The maximum absolute atomic E-state index is 10.9. The van der Waals surface area contributed by atoms with Crippen molar-refractivity contribution >= 4 is 5.97 Å². The van der Waals surface area contributed by atoms with Crippen LogP contribution in [-0.2, 0) is 11.3 Å². The van der Waals surface area contributed by atoms with Crippen molar-refractivity contribution in [3.63, 3.8) is 0 Å². The molecular weight excluding hydrogens is 324 g/mol. The minimum atomic E-state index is -0.740. The Balaban J connectivity index is 1.51. The van der Waals surface area contributed by atoms with Crippen molar-refractivity contribution in [2.45, 2.75) is 45.3 Å². The van der Waals surface area contributed by atoms with E-state index < -0.39 is 5.97 Å². The van der Waals surface area contributed by atoms with Gasteiger partial charge in [0.2, 0.25) is 0 Å². The van der Waals surface area contributed by atoms with Crippen molar-refractivity contribution in [3.8, 4) is 11.1 Å². The number of nitrogens with zero attached hydrogens (tertiary/aromatic N) is 1. The van der Waals surface area contributed by atoms with Crippen LogP contribution in [-0.4, -0.2) is 41.1 Å². The van der Waals surface area contributed by atoms with Crippen LogP contribution >= 0.6 is 0 Å². The molecule has 0 atom stereocenters. The molecule has 2 aromatic carbocycles. The zero-order valence-electron chi connectivity index (χ0n) is 15.6. The standard InChI is InChI=1S/C22H28N2O2/c1-3-24(15-22(25)26)21-12-20(13-21)23-14-17-5-4-6-19(11-17)18-9-7-16(2)8-10-18/h4-11,20-21,23H,3,12-15H2,1-2H3,(H,25,26). The number of carboxylic acids is 1. The molecule has 4 heteroatoms. The third-order valence-electron chi connectivity index (χ3n) is 5.28. The van der Waals surface area contributed by atoms with Gasteiger partial charge in [0.15, 0.2) is 0 Å². The van der Waals surface area contributed by atoms with Gasteiger partial charge in [-0.1, -0.05) is 55.0 Å². The fourth-order valence-corrected chi connectivity index (χ4v) is 3.59. The normalized spacial score (nSPS) is 19.3. The molecule has 1 aliphatic rings. The van der Waals surface area contributed by atoms with E-state index in [1.165, 1.54) is 22.3 Å². The van der Waals surface area contributed by atoms with Crippen LogP contribution in [0.2, 0.25) is 0 Å². The summed E-state index contributed by atoms with van der Waals surface area (Å²) < 4.78 is 0. The van der Waals surface area contributed by atoms with Crippen LogP contribution in [0.5, 0.6) is 0 Å². The van der Waals surface area contributed by atoms with E-state index in [1.807, 2.05) is 6.92 Å². The molecule has 0 saturated heterocycles. The van der Waals surface area contributed by atoms with Gasteiger partial charge in [-0.2, -0.15) is 0 Å². The second kappa shape index (κ2) is 8.47. The largest absolute Gasteiger partial charge is 0.480 e. The Hall–Kier alpha value is -2.17. The van der Waals surface area contributed by atoms with E-state index in [0.717, 1.165) is 25.9 Å². The van der Waals surface area contributed by atoms with Crippen LogP contribution in [0.25, 0.3) is 11.1 Å². The highest BCUT2D eigenvalue weighted by Gasteiger charge is 2.33. The molecular formula is C22H28N2O2. The number of rotatable bonds is 8. The first-order valence-electron chi connectivity index (χ1n) is 9.40. The average molecular weight is 352 g/mol. The topological polar surface area (TPSA) is 52.6 Å². The van der Waals surface area contributed by atoms with E-state index >= 15 is 0 Å². The van der Waals surface area contributed by atoms with Crippen molar-refractivity contribution in [2.24, 2.45) is 0 Å². The zero-order valence-corrected chi connectivity index (χ0v) is 15.6. The van der Waals surface area contributed by atoms with E-state index in [4.69, 9.17) is 5.11 Å². The third kappa shape index (κ3) is 4.71. The first-order valence-corrected chi connectivity index (χ1v) is 9.40. The molecule has 0 aliphatic heterocycles. The van der Waals surface area contributed by atoms with Crippen LogP contribution in [0.4, 0.5) is 0 Å². The first kappa shape index (κ1) is 18.6. The summed E-state index contributed by atoms with van der Waals surface area (Å²) in [4.78, 5) is 13.0. The second-order valence-corrected chi connectivity index (χ2v) is 7.23. The van der Waals surface area contributed by atoms with Gasteiger partial charge in [-0.15, -0.1) is 0 Å². The molecule has 2 aromatic rings. The summed E-state index contributed by atoms with van der Waals surface area (Å²) in [6.07, 6.45) is 2.05. The lowest BCUT2D eigenvalue weighted by Gasteiger charge is -2.42. The second-order valence-electron chi connectivity index (χ2n) is 7.23. The lowest BCUT2D eigenvalue weighted by Crippen LogP contribution is -2.53. The van der Waals surface area contributed by atoms with Crippen molar-refractivity contribution < 1.29 is 9.90 Å². The number of aliphatic carboxylic acids is 1. The van der Waals surface area contributed by atoms with Gasteiger partial charge in [0, 0.05) is 18.6 Å². The molecule has 1 saturated carbocycles. The number of hydrogen-bond acceptors (Lipinski definition) is 3. The van der Waals surface area contributed by atoms with Crippen LogP contribution in [0, 0.1) is 6.92 Å². The molecule has 0 spiro atoms. The van der Waals surface area contributed by atoms with Crippen LogP contribution < -0.4 is 5.32 Å². The Bertz CT molecular complexity index is 736. The molecule has 0 radical (unpaired) electrons. The lowest BCUT2D eigenvalue weighted by molar-refractivity contribution is -0.139. The molecule has 26 heavy (non-hydrogen) atoms. The highest BCUT2D eigenvalue weighted by atomic mass is 16.4. The van der Waals surface area contributed by atoms with E-state index in [0.29, 0.717) is 12.1 Å². The maximum Gasteiger partial charge on any atom is 0.317 e. The van der Waals surface area contributed by atoms with Crippen molar-refractivity contribution in [1.82, 2.24) is 10.2 Å². The predicted molar refractivity (Wildman–Crippen MR) is 105 cm³/mol. The van der Waals surface area contributed by atoms with Crippen molar-refractivity contribution in [2.75, 3.05) is 13.1 Å². The number of aryl methyl sites for hydroxylation is 1. The first-order chi connectivity index (χ1) is 12.5. The van der Waals surface area contributed by atoms with E-state index in [2.05, 4.69) is 65.7 Å². The smallest absolute Gasteiger partial charge is 0.317 e. The minimum absolute atomic E-state index is 0.145. The minimum Gasteiger partial charge on any atom is -0.480 e. The molecule has 0 heterocycles. The van der Waals surface area contributed by atoms with Gasteiger partial charge < -0.3 is 10.4 Å². The number of nitrogens with one attached hydrogen (secondary N) is 1. The monoisotopic (exact) mass is 352 g/mol. The number of benzene rings is 2. The Morgan fingerprint density at radius 3 is 2.54 bits per heavy atom. The molecule has 0 unspecified atom stereocenters. The summed E-state index contributed by atoms with van der Waals surface area (Å²) in [6, 6.07) is 18.2. The SMILES string of the molecule is CCN(CC(=O)O)C1CC(NCc2cccc(-c3ccc(C)cc3)c2)C1. The van der Waals surface area contributed by atoms with Crippen LogP contribution in [0.15, 0.2) is 48.5 Å². The molecule has 3 rings (SSSR count). The molecule has 0 bridgehead atoms. The molecule has 4 nitrogen and oxygen atoms in total. The summed E-state index contributed by atoms with van der Waals surface area (Å²) in [7, 11) is 0. The molecule has 1 fully saturated rings. The van der Waals surface area contributed by atoms with E-state index in [1.54, 1.807) is 0 Å². The zero-order chi connectivity index (χ0) is 18.5. The number of likely N-dealkylation sites (N-methyl/N-ethyl adjacent to an activating group) is 1. The Morgan fingerprint density at radius 2 is 1.88 bits per heavy atom. The summed E-state index contributed by atoms with van der Waals surface area (Å²) in [5, 5.41) is 12.6. The van der Waals surface area contributed by atoms with Gasteiger partial charge >= 0.3 is 5.97 Å². The number of carboxylic acid groups (broad SMARTS) is 1. The average Bonchev–Trinajstić information content (AvgIpc) is 2.60. The van der Waals surface area contributed by atoms with Gasteiger partial charge in [-0.3, -0.25) is 9.69 Å². The van der Waals surface area contributed by atoms with Gasteiger partial charge in [0.05, 0.1) is 6.54 Å². The summed E-state index contributed by atoms with van der Waals surface area (Å²) >= 11 is 0. The highest BCUT2D eigenvalue weighted by Crippen LogP contribution is 2.26. The third-order valence-corrected chi connectivity index (χ3v) is 5.28. The summed E-state index contributed by atoms with van der Waals surface area (Å²) in [5.41, 5.74) is 5.04. The lowest BCUT2D eigenvalue weighted by atomic mass is 9.85. The Kier molecular flexibility index (Phi) is 6.07. The Labute approximate surface area is 155 Å². The van der Waals surface area contributed by atoms with Gasteiger partial charge in [-0.05, 0) is 49.1 Å². The van der Waals surface area contributed by atoms with Gasteiger partial charge in [0.1, 0.15) is 0 Å². The molecule has 0 amide bonds. The molecule has 2 N–H and O–H groups in total. The van der Waals surface area contributed by atoms with Crippen molar-refractivity contribution in [1.29, 1.82) is 0 Å². The molecule has 1 aliphatic carbocycles. The maximum atomic E-state index is 10.9. The fraction of sp³-hybridized carbons (Fsp3) is 0.409. The van der Waals surface area contributed by atoms with Crippen LogP contribution in [0.3, 0.4) is 0 Å². The highest BCUT2D eigenvalue weighted by molar-refractivity contribution is 5.69. The number of hydrogen-bond donors (Lipinski definition) is 2. The number of carbonyl (C=O) groups is 1. The summed E-state index contributed by atoms with van der Waals surface area (Å²) in [5.74, 6) is -0.740. The van der Waals surface area contributed by atoms with Crippen molar-refractivity contribution in [3.05, 3.63) is 59.7 Å². The van der Waals surface area contributed by atoms with E-state index in [-0.39, 0.29) is 6.54 Å². The fourth-order valence-electron chi connectivity index (χ4n) is 3.59. The molecule has 138 valence electrons. The van der Waals surface area contributed by atoms with E-state index in [9.17, 15) is 4.79 Å². The van der Waals surface area contributed by atoms with Crippen LogP contribution in [0.1, 0.15) is 30.9 Å². The Morgan fingerprint density at radius 1 is 1.15 bits per heavy atom. The quantitative estimate of drug-likeness (QED) is 0.761. The summed E-state index contributed by atoms with van der Waals surface area (Å²) in [6.45, 7) is 5.92. The van der Waals surface area contributed by atoms with Gasteiger partial charge in [0.25, 0.3) is 0 Å². The molecule has 0 aromatic heterocycles.